The number of nitrogens with zero attached hydrogens (tertiary/aromatic N) is 3. The van der Waals surface area contributed by atoms with Gasteiger partial charge in [-0.3, -0.25) is 14.3 Å². The van der Waals surface area contributed by atoms with E-state index in [0.717, 1.165) is 22.4 Å². The highest BCUT2D eigenvalue weighted by atomic mass is 19.1. The number of carbonyl (C=O) groups excluding carboxylic acids is 2. The van der Waals surface area contributed by atoms with Crippen LogP contribution >= 0.6 is 0 Å². The zero-order valence-corrected chi connectivity index (χ0v) is 16.9. The molecule has 1 heterocycles. The van der Waals surface area contributed by atoms with Crippen LogP contribution in [0, 0.1) is 17.1 Å². The van der Waals surface area contributed by atoms with Crippen molar-refractivity contribution < 1.29 is 14.0 Å². The lowest BCUT2D eigenvalue weighted by atomic mass is 10.00. The van der Waals surface area contributed by atoms with Crippen molar-refractivity contribution >= 4 is 28.3 Å². The maximum Gasteiger partial charge on any atom is 0.259 e. The van der Waals surface area contributed by atoms with Gasteiger partial charge in [0.2, 0.25) is 0 Å². The van der Waals surface area contributed by atoms with Crippen LogP contribution in [0.5, 0.6) is 0 Å². The number of amides is 2. The molecule has 0 saturated heterocycles. The first-order chi connectivity index (χ1) is 15.5. The lowest BCUT2D eigenvalue weighted by molar-refractivity contribution is 0.0992. The minimum absolute atomic E-state index is 0.221. The lowest BCUT2D eigenvalue weighted by Crippen LogP contribution is -2.16. The van der Waals surface area contributed by atoms with Crippen molar-refractivity contribution in [3.8, 4) is 17.3 Å². The summed E-state index contributed by atoms with van der Waals surface area (Å²) in [5.41, 5.74) is 6.60. The summed E-state index contributed by atoms with van der Waals surface area (Å²) in [5.74, 6) is -2.19. The lowest BCUT2D eigenvalue weighted by Gasteiger charge is -2.09. The molecule has 3 aromatic carbocycles. The molecule has 0 spiro atoms. The third kappa shape index (κ3) is 4.04. The highest BCUT2D eigenvalue weighted by Gasteiger charge is 2.20. The smallest absolute Gasteiger partial charge is 0.259 e. The Morgan fingerprint density at radius 3 is 2.66 bits per heavy atom. The van der Waals surface area contributed by atoms with E-state index in [-0.39, 0.29) is 23.2 Å². The predicted octanol–water partition coefficient (Wildman–Crippen LogP) is 4.11. The summed E-state index contributed by atoms with van der Waals surface area (Å²) in [6.45, 7) is 0.323. The van der Waals surface area contributed by atoms with Crippen LogP contribution in [0.4, 0.5) is 10.1 Å². The molecule has 32 heavy (non-hydrogen) atoms. The second-order valence-electron chi connectivity index (χ2n) is 7.10. The number of aromatic nitrogens is 2. The van der Waals surface area contributed by atoms with E-state index < -0.39 is 17.6 Å². The maximum absolute atomic E-state index is 13.8. The van der Waals surface area contributed by atoms with Gasteiger partial charge in [0, 0.05) is 17.4 Å². The second-order valence-corrected chi connectivity index (χ2v) is 7.10. The average Bonchev–Trinajstić information content (AvgIpc) is 3.22. The Morgan fingerprint density at radius 2 is 1.88 bits per heavy atom. The molecule has 8 heteroatoms. The van der Waals surface area contributed by atoms with E-state index in [2.05, 4.69) is 16.5 Å². The Labute approximate surface area is 182 Å². The zero-order chi connectivity index (χ0) is 22.7. The van der Waals surface area contributed by atoms with E-state index in [9.17, 15) is 14.0 Å². The van der Waals surface area contributed by atoms with Crippen LogP contribution in [0.2, 0.25) is 0 Å². The third-order valence-corrected chi connectivity index (χ3v) is 4.99. The Kier molecular flexibility index (Phi) is 5.64. The zero-order valence-electron chi connectivity index (χ0n) is 16.9. The minimum Gasteiger partial charge on any atom is -0.366 e. The molecule has 4 rings (SSSR count). The summed E-state index contributed by atoms with van der Waals surface area (Å²) in [5, 5.41) is 18.1. The SMILES string of the molecule is N#CCCn1cc(C(=O)Nc2ccc(F)c(C(N)=O)c2)c(-c2cccc3ccccc23)n1. The van der Waals surface area contributed by atoms with Crippen LogP contribution in [-0.4, -0.2) is 21.6 Å². The minimum atomic E-state index is -0.931. The van der Waals surface area contributed by atoms with Crippen molar-refractivity contribution in [2.45, 2.75) is 13.0 Å². The molecule has 0 saturated carbocycles. The standard InChI is InChI=1S/C24H18FN5O2/c25-21-10-9-16(13-19(21)23(27)31)28-24(32)20-14-30(12-4-11-26)29-22(20)18-8-3-6-15-5-1-2-7-17(15)18/h1-3,5-10,13-14H,4,12H2,(H2,27,31)(H,28,32). The van der Waals surface area contributed by atoms with Gasteiger partial charge in [0.15, 0.2) is 0 Å². The average molecular weight is 427 g/mol. The monoisotopic (exact) mass is 427 g/mol. The van der Waals surface area contributed by atoms with Crippen LogP contribution < -0.4 is 11.1 Å². The quantitative estimate of drug-likeness (QED) is 0.482. The Hall–Kier alpha value is -4.51. The van der Waals surface area contributed by atoms with E-state index in [1.54, 1.807) is 10.9 Å². The van der Waals surface area contributed by atoms with Gasteiger partial charge in [-0.25, -0.2) is 4.39 Å². The molecular weight excluding hydrogens is 409 g/mol. The maximum atomic E-state index is 13.8. The molecule has 0 fully saturated rings. The molecule has 0 bridgehead atoms. The van der Waals surface area contributed by atoms with Crippen LogP contribution in [0.3, 0.4) is 0 Å². The molecule has 0 atom stereocenters. The number of nitrogens with one attached hydrogen (secondary N) is 1. The largest absolute Gasteiger partial charge is 0.366 e. The second kappa shape index (κ2) is 8.70. The number of carbonyl (C=O) groups is 2. The number of primary amides is 1. The first-order valence-corrected chi connectivity index (χ1v) is 9.81. The van der Waals surface area contributed by atoms with Crippen molar-refractivity contribution in [3.05, 3.63) is 83.8 Å². The fourth-order valence-corrected chi connectivity index (χ4v) is 3.49. The van der Waals surface area contributed by atoms with Gasteiger partial charge in [0.25, 0.3) is 11.8 Å². The molecule has 0 unspecified atom stereocenters. The summed E-state index contributed by atoms with van der Waals surface area (Å²) < 4.78 is 15.3. The van der Waals surface area contributed by atoms with E-state index in [1.165, 1.54) is 12.1 Å². The van der Waals surface area contributed by atoms with Crippen LogP contribution in [0.25, 0.3) is 22.0 Å². The number of halogens is 1. The van der Waals surface area contributed by atoms with Crippen LogP contribution in [-0.2, 0) is 6.54 Å². The number of hydrogen-bond donors (Lipinski definition) is 2. The van der Waals surface area contributed by atoms with Gasteiger partial charge in [-0.1, -0.05) is 42.5 Å². The van der Waals surface area contributed by atoms with Gasteiger partial charge < -0.3 is 11.1 Å². The van der Waals surface area contributed by atoms with Crippen LogP contribution in [0.15, 0.2) is 66.9 Å². The molecule has 0 aliphatic heterocycles. The molecule has 0 aliphatic rings. The molecule has 2 amide bonds. The fraction of sp³-hybridized carbons (Fsp3) is 0.0833. The summed E-state index contributed by atoms with van der Waals surface area (Å²) in [6.07, 6.45) is 1.81. The van der Waals surface area contributed by atoms with Gasteiger partial charge in [0.05, 0.1) is 30.2 Å². The van der Waals surface area contributed by atoms with Crippen molar-refractivity contribution in [1.29, 1.82) is 5.26 Å². The Balaban J connectivity index is 1.77. The molecule has 4 aromatic rings. The normalized spacial score (nSPS) is 10.6. The van der Waals surface area contributed by atoms with Gasteiger partial charge in [-0.05, 0) is 29.0 Å². The number of hydrogen-bond acceptors (Lipinski definition) is 4. The molecular formula is C24H18FN5O2. The number of nitriles is 1. The van der Waals surface area contributed by atoms with E-state index in [4.69, 9.17) is 11.0 Å². The Morgan fingerprint density at radius 1 is 1.09 bits per heavy atom. The van der Waals surface area contributed by atoms with Gasteiger partial charge in [-0.15, -0.1) is 0 Å². The summed E-state index contributed by atoms with van der Waals surface area (Å²) in [6, 6.07) is 19.1. The number of benzene rings is 3. The van der Waals surface area contributed by atoms with E-state index >= 15 is 0 Å². The van der Waals surface area contributed by atoms with E-state index in [0.29, 0.717) is 12.2 Å². The first kappa shape index (κ1) is 20.8. The third-order valence-electron chi connectivity index (χ3n) is 4.99. The summed E-state index contributed by atoms with van der Waals surface area (Å²) >= 11 is 0. The van der Waals surface area contributed by atoms with Gasteiger partial charge in [-0.2, -0.15) is 10.4 Å². The number of fused-ring (bicyclic) bond motifs is 1. The summed E-state index contributed by atoms with van der Waals surface area (Å²) in [7, 11) is 0. The first-order valence-electron chi connectivity index (χ1n) is 9.81. The number of rotatable bonds is 6. The van der Waals surface area contributed by atoms with Gasteiger partial charge in [0.1, 0.15) is 11.5 Å². The van der Waals surface area contributed by atoms with Crippen molar-refractivity contribution in [1.82, 2.24) is 9.78 Å². The molecule has 1 aromatic heterocycles. The van der Waals surface area contributed by atoms with Crippen molar-refractivity contribution in [2.24, 2.45) is 5.73 Å². The fourth-order valence-electron chi connectivity index (χ4n) is 3.49. The highest BCUT2D eigenvalue weighted by Crippen LogP contribution is 2.30. The van der Waals surface area contributed by atoms with Crippen molar-refractivity contribution in [2.75, 3.05) is 5.32 Å². The molecule has 7 nitrogen and oxygen atoms in total. The van der Waals surface area contributed by atoms with Crippen LogP contribution in [0.1, 0.15) is 27.1 Å². The van der Waals surface area contributed by atoms with Crippen molar-refractivity contribution in [3.63, 3.8) is 0 Å². The highest BCUT2D eigenvalue weighted by molar-refractivity contribution is 6.10. The summed E-state index contributed by atoms with van der Waals surface area (Å²) in [4.78, 5) is 24.6. The topological polar surface area (TPSA) is 114 Å². The molecule has 3 N–H and O–H groups in total. The number of aryl methyl sites for hydroxylation is 1. The van der Waals surface area contributed by atoms with Gasteiger partial charge >= 0.3 is 0 Å². The van der Waals surface area contributed by atoms with E-state index in [1.807, 2.05) is 42.5 Å². The Bertz CT molecular complexity index is 1380. The predicted molar refractivity (Wildman–Crippen MR) is 118 cm³/mol. The molecule has 0 aliphatic carbocycles. The molecule has 158 valence electrons. The molecule has 0 radical (unpaired) electrons. The number of nitrogens with two attached hydrogens (primary N) is 1. The number of anilines is 1.